The van der Waals surface area contributed by atoms with E-state index in [2.05, 4.69) is 0 Å². The Morgan fingerprint density at radius 1 is 1.45 bits per heavy atom. The van der Waals surface area contributed by atoms with Gasteiger partial charge in [-0.1, -0.05) is 13.0 Å². The first kappa shape index (κ1) is 13.7. The molecule has 0 atom stereocenters. The van der Waals surface area contributed by atoms with Crippen molar-refractivity contribution in [3.63, 3.8) is 0 Å². The lowest BCUT2D eigenvalue weighted by Gasteiger charge is -2.03. The molecule has 7 nitrogen and oxygen atoms in total. The van der Waals surface area contributed by atoms with E-state index in [-0.39, 0.29) is 29.0 Å². The molecule has 0 aliphatic carbocycles. The number of benzene rings is 1. The van der Waals surface area contributed by atoms with Crippen LogP contribution < -0.4 is 5.43 Å². The number of hydrogen-bond donors (Lipinski definition) is 0. The van der Waals surface area contributed by atoms with Crippen LogP contribution in [0.25, 0.3) is 11.0 Å². The summed E-state index contributed by atoms with van der Waals surface area (Å²) < 4.78 is 10.1. The molecule has 7 heteroatoms. The van der Waals surface area contributed by atoms with Crippen molar-refractivity contribution in [1.29, 1.82) is 0 Å². The minimum Gasteiger partial charge on any atom is -0.460 e. The first-order valence-corrected chi connectivity index (χ1v) is 5.93. The first-order chi connectivity index (χ1) is 9.54. The average Bonchev–Trinajstić information content (AvgIpc) is 2.43. The molecule has 1 heterocycles. The van der Waals surface area contributed by atoms with Crippen LogP contribution in [0.5, 0.6) is 0 Å². The number of rotatable bonds is 4. The molecule has 0 saturated carbocycles. The fraction of sp³-hybridized carbons (Fsp3) is 0.231. The van der Waals surface area contributed by atoms with Crippen molar-refractivity contribution in [3.8, 4) is 0 Å². The summed E-state index contributed by atoms with van der Waals surface area (Å²) in [5, 5.41) is 10.7. The van der Waals surface area contributed by atoms with Gasteiger partial charge in [0, 0.05) is 12.1 Å². The summed E-state index contributed by atoms with van der Waals surface area (Å²) in [4.78, 5) is 33.7. The fourth-order valence-corrected chi connectivity index (χ4v) is 1.71. The average molecular weight is 277 g/mol. The third kappa shape index (κ3) is 2.51. The van der Waals surface area contributed by atoms with Crippen molar-refractivity contribution in [3.05, 3.63) is 50.4 Å². The predicted molar refractivity (Wildman–Crippen MR) is 69.7 cm³/mol. The second-order valence-corrected chi connectivity index (χ2v) is 4.02. The lowest BCUT2D eigenvalue weighted by molar-refractivity contribution is -0.383. The summed E-state index contributed by atoms with van der Waals surface area (Å²) in [6, 6.07) is 4.88. The first-order valence-electron chi connectivity index (χ1n) is 5.93. The molecule has 0 fully saturated rings. The molecular formula is C13H11NO6. The van der Waals surface area contributed by atoms with Gasteiger partial charge in [0.2, 0.25) is 11.2 Å². The number of nitrogens with zero attached hydrogens (tertiary/aromatic N) is 1. The molecule has 2 aromatic rings. The van der Waals surface area contributed by atoms with Gasteiger partial charge in [0.15, 0.2) is 0 Å². The van der Waals surface area contributed by atoms with E-state index in [1.54, 1.807) is 0 Å². The predicted octanol–water partition coefficient (Wildman–Crippen LogP) is 2.27. The molecule has 0 N–H and O–H groups in total. The van der Waals surface area contributed by atoms with Crippen LogP contribution in [-0.4, -0.2) is 17.5 Å². The van der Waals surface area contributed by atoms with Crippen LogP contribution in [0.2, 0.25) is 0 Å². The highest BCUT2D eigenvalue weighted by Crippen LogP contribution is 2.23. The van der Waals surface area contributed by atoms with E-state index in [1.165, 1.54) is 18.2 Å². The Kier molecular flexibility index (Phi) is 3.79. The van der Waals surface area contributed by atoms with E-state index in [0.29, 0.717) is 6.42 Å². The van der Waals surface area contributed by atoms with E-state index in [1.807, 2.05) is 6.92 Å². The zero-order chi connectivity index (χ0) is 14.7. The highest BCUT2D eigenvalue weighted by molar-refractivity contribution is 5.91. The Morgan fingerprint density at radius 3 is 2.85 bits per heavy atom. The van der Waals surface area contributed by atoms with Gasteiger partial charge in [-0.15, -0.1) is 0 Å². The maximum absolute atomic E-state index is 11.9. The summed E-state index contributed by atoms with van der Waals surface area (Å²) in [6.07, 6.45) is 0.634. The van der Waals surface area contributed by atoms with E-state index < -0.39 is 16.3 Å². The number of carbonyl (C=O) groups is 1. The lowest BCUT2D eigenvalue weighted by Crippen LogP contribution is -2.11. The number of esters is 1. The molecule has 1 aromatic carbocycles. The summed E-state index contributed by atoms with van der Waals surface area (Å²) in [7, 11) is 0. The molecule has 0 aliphatic rings. The van der Waals surface area contributed by atoms with E-state index in [4.69, 9.17) is 9.15 Å². The van der Waals surface area contributed by atoms with Crippen molar-refractivity contribution in [2.75, 3.05) is 6.61 Å². The smallest absolute Gasteiger partial charge is 0.374 e. The van der Waals surface area contributed by atoms with Gasteiger partial charge < -0.3 is 9.15 Å². The Bertz CT molecular complexity index is 733. The molecule has 0 spiro atoms. The quantitative estimate of drug-likeness (QED) is 0.482. The van der Waals surface area contributed by atoms with Crippen LogP contribution in [0, 0.1) is 10.1 Å². The minimum atomic E-state index is -0.766. The maximum atomic E-state index is 11.9. The fourth-order valence-electron chi connectivity index (χ4n) is 1.71. The number of hydrogen-bond acceptors (Lipinski definition) is 6. The lowest BCUT2D eigenvalue weighted by atomic mass is 10.2. The summed E-state index contributed by atoms with van der Waals surface area (Å²) in [6.45, 7) is 2.03. The van der Waals surface area contributed by atoms with Gasteiger partial charge in [-0.2, -0.15) is 0 Å². The Labute approximate surface area is 112 Å². The van der Waals surface area contributed by atoms with Gasteiger partial charge in [-0.05, 0) is 12.5 Å². The number of nitro groups is 1. The topological polar surface area (TPSA) is 99.7 Å². The summed E-state index contributed by atoms with van der Waals surface area (Å²) >= 11 is 0. The number of ether oxygens (including phenoxy) is 1. The second-order valence-electron chi connectivity index (χ2n) is 4.02. The van der Waals surface area contributed by atoms with Gasteiger partial charge >= 0.3 is 5.97 Å². The Balaban J connectivity index is 2.57. The zero-order valence-electron chi connectivity index (χ0n) is 10.6. The third-order valence-electron chi connectivity index (χ3n) is 2.57. The molecular weight excluding hydrogens is 266 g/mol. The van der Waals surface area contributed by atoms with E-state index >= 15 is 0 Å². The summed E-state index contributed by atoms with van der Waals surface area (Å²) in [5.41, 5.74) is -1.03. The molecule has 0 bridgehead atoms. The highest BCUT2D eigenvalue weighted by atomic mass is 16.6. The van der Waals surface area contributed by atoms with Gasteiger partial charge in [0.25, 0.3) is 5.69 Å². The van der Waals surface area contributed by atoms with E-state index in [9.17, 15) is 19.7 Å². The van der Waals surface area contributed by atoms with Crippen LogP contribution >= 0.6 is 0 Å². The monoisotopic (exact) mass is 277 g/mol. The van der Waals surface area contributed by atoms with Crippen LogP contribution in [0.4, 0.5) is 5.69 Å². The Hall–Kier alpha value is -2.70. The summed E-state index contributed by atoms with van der Waals surface area (Å²) in [5.74, 6) is -1.03. The van der Waals surface area contributed by atoms with Crippen LogP contribution in [0.1, 0.15) is 23.9 Å². The normalized spacial score (nSPS) is 10.4. The van der Waals surface area contributed by atoms with Crippen molar-refractivity contribution >= 4 is 22.6 Å². The minimum absolute atomic E-state index is 0.0184. The van der Waals surface area contributed by atoms with E-state index in [0.717, 1.165) is 6.07 Å². The van der Waals surface area contributed by atoms with Gasteiger partial charge in [-0.3, -0.25) is 14.9 Å². The second kappa shape index (κ2) is 5.52. The molecule has 0 unspecified atom stereocenters. The van der Waals surface area contributed by atoms with Crippen molar-refractivity contribution < 1.29 is 18.9 Å². The van der Waals surface area contributed by atoms with Crippen molar-refractivity contribution in [2.45, 2.75) is 13.3 Å². The number of nitro benzene ring substituents is 1. The van der Waals surface area contributed by atoms with Crippen molar-refractivity contribution in [2.24, 2.45) is 0 Å². The number of non-ortho nitro benzene ring substituents is 1. The number of fused-ring (bicyclic) bond motifs is 1. The largest absolute Gasteiger partial charge is 0.460 e. The molecule has 104 valence electrons. The molecule has 0 amide bonds. The van der Waals surface area contributed by atoms with Crippen LogP contribution in [0.15, 0.2) is 33.5 Å². The van der Waals surface area contributed by atoms with Crippen molar-refractivity contribution in [1.82, 2.24) is 0 Å². The molecule has 0 aliphatic heterocycles. The van der Waals surface area contributed by atoms with Crippen LogP contribution in [-0.2, 0) is 4.74 Å². The SMILES string of the molecule is CCCOC(=O)c1cc(=O)c2c([N+](=O)[O-])cccc2o1. The molecule has 0 radical (unpaired) electrons. The van der Waals surface area contributed by atoms with Crippen LogP contribution in [0.3, 0.4) is 0 Å². The standard InChI is InChI=1S/C13H11NO6/c1-2-6-19-13(16)11-7-9(15)12-8(14(17)18)4-3-5-10(12)20-11/h3-5,7H,2,6H2,1H3. The molecule has 2 rings (SSSR count). The molecule has 1 aromatic heterocycles. The Morgan fingerprint density at radius 2 is 2.20 bits per heavy atom. The molecule has 0 saturated heterocycles. The van der Waals surface area contributed by atoms with Gasteiger partial charge in [0.1, 0.15) is 11.0 Å². The van der Waals surface area contributed by atoms with Gasteiger partial charge in [-0.25, -0.2) is 4.79 Å². The molecule has 20 heavy (non-hydrogen) atoms. The highest BCUT2D eigenvalue weighted by Gasteiger charge is 2.19. The maximum Gasteiger partial charge on any atom is 0.374 e. The number of carbonyl (C=O) groups excluding carboxylic acids is 1. The zero-order valence-corrected chi connectivity index (χ0v) is 10.6. The third-order valence-corrected chi connectivity index (χ3v) is 2.57. The van der Waals surface area contributed by atoms with Gasteiger partial charge in [0.05, 0.1) is 11.5 Å².